The molecule has 10 heavy (non-hydrogen) atoms. The van der Waals surface area contributed by atoms with Crippen molar-refractivity contribution in [3.63, 3.8) is 0 Å². The Morgan fingerprint density at radius 2 is 2.60 bits per heavy atom. The van der Waals surface area contributed by atoms with E-state index in [0.717, 1.165) is 6.54 Å². The van der Waals surface area contributed by atoms with Gasteiger partial charge in [-0.05, 0) is 5.92 Å². The van der Waals surface area contributed by atoms with E-state index in [1.807, 2.05) is 0 Å². The van der Waals surface area contributed by atoms with Crippen LogP contribution in [0.2, 0.25) is 0 Å². The van der Waals surface area contributed by atoms with Crippen LogP contribution in [-0.4, -0.2) is 24.4 Å². The minimum absolute atomic E-state index is 0.167. The van der Waals surface area contributed by atoms with Crippen molar-refractivity contribution in [2.45, 2.75) is 12.8 Å². The summed E-state index contributed by atoms with van der Waals surface area (Å²) in [5.41, 5.74) is 0. The fraction of sp³-hybridized carbons (Fsp3) is 0.714. The van der Waals surface area contributed by atoms with Crippen LogP contribution >= 0.6 is 0 Å². The number of hydrogen-bond donors (Lipinski definition) is 0. The van der Waals surface area contributed by atoms with Crippen molar-refractivity contribution in [3.05, 3.63) is 0 Å². The van der Waals surface area contributed by atoms with Gasteiger partial charge >= 0.3 is 0 Å². The molecule has 1 aliphatic heterocycles. The average Bonchev–Trinajstić information content (AvgIpc) is 2.14. The van der Waals surface area contributed by atoms with Gasteiger partial charge in [-0.25, -0.2) is 0 Å². The molecule has 0 spiro atoms. The van der Waals surface area contributed by atoms with Gasteiger partial charge in [0.15, 0.2) is 0 Å². The summed E-state index contributed by atoms with van der Waals surface area (Å²) in [7, 11) is 1.78. The second-order valence-electron chi connectivity index (χ2n) is 2.71. The first-order valence-electron chi connectivity index (χ1n) is 3.35. The highest BCUT2D eigenvalue weighted by Gasteiger charge is 2.25. The van der Waals surface area contributed by atoms with Gasteiger partial charge < -0.3 is 4.90 Å². The van der Waals surface area contributed by atoms with E-state index < -0.39 is 0 Å². The highest BCUT2D eigenvalue weighted by molar-refractivity contribution is 5.78. The summed E-state index contributed by atoms with van der Waals surface area (Å²) in [6.07, 6.45) is 1.07. The molecule has 0 bridgehead atoms. The normalized spacial score (nSPS) is 25.0. The summed E-state index contributed by atoms with van der Waals surface area (Å²) in [5, 5.41) is 8.32. The molecule has 1 atom stereocenters. The number of carbonyl (C=O) groups is 1. The molecule has 54 valence electrons. The molecule has 0 unspecified atom stereocenters. The number of rotatable bonds is 1. The van der Waals surface area contributed by atoms with Crippen molar-refractivity contribution in [1.82, 2.24) is 4.90 Å². The van der Waals surface area contributed by atoms with E-state index in [-0.39, 0.29) is 11.8 Å². The lowest BCUT2D eigenvalue weighted by atomic mass is 10.1. The van der Waals surface area contributed by atoms with Crippen molar-refractivity contribution in [3.8, 4) is 6.07 Å². The maximum Gasteiger partial charge on any atom is 0.222 e. The molecular weight excluding hydrogens is 128 g/mol. The fourth-order valence-corrected chi connectivity index (χ4v) is 1.22. The molecule has 0 aliphatic carbocycles. The molecule has 0 aromatic carbocycles. The molecule has 0 radical (unpaired) electrons. The largest absolute Gasteiger partial charge is 0.345 e. The number of carbonyl (C=O) groups excluding carboxylic acids is 1. The minimum atomic E-state index is 0.167. The molecule has 1 amide bonds. The van der Waals surface area contributed by atoms with E-state index in [1.165, 1.54) is 0 Å². The molecule has 1 rings (SSSR count). The maximum atomic E-state index is 10.9. The number of amides is 1. The predicted octanol–water partition coefficient (Wildman–Crippen LogP) is 0.378. The molecule has 1 fully saturated rings. The Balaban J connectivity index is 2.43. The van der Waals surface area contributed by atoms with Gasteiger partial charge in [0.05, 0.1) is 6.07 Å². The minimum Gasteiger partial charge on any atom is -0.345 e. The third-order valence-electron chi connectivity index (χ3n) is 1.80. The van der Waals surface area contributed by atoms with Gasteiger partial charge in [0.1, 0.15) is 0 Å². The van der Waals surface area contributed by atoms with Crippen molar-refractivity contribution in [1.29, 1.82) is 5.26 Å². The molecule has 0 saturated carbocycles. The summed E-state index contributed by atoms with van der Waals surface area (Å²) in [6, 6.07) is 2.07. The van der Waals surface area contributed by atoms with E-state index in [0.29, 0.717) is 12.8 Å². The van der Waals surface area contributed by atoms with E-state index in [9.17, 15) is 4.79 Å². The van der Waals surface area contributed by atoms with Crippen molar-refractivity contribution in [2.75, 3.05) is 13.6 Å². The molecule has 0 aromatic rings. The van der Waals surface area contributed by atoms with Crippen LogP contribution < -0.4 is 0 Å². The van der Waals surface area contributed by atoms with Crippen LogP contribution in [0.25, 0.3) is 0 Å². The molecule has 0 N–H and O–H groups in total. The second-order valence-corrected chi connectivity index (χ2v) is 2.71. The third-order valence-corrected chi connectivity index (χ3v) is 1.80. The van der Waals surface area contributed by atoms with Crippen LogP contribution in [0.15, 0.2) is 0 Å². The Kier molecular flexibility index (Phi) is 1.91. The van der Waals surface area contributed by atoms with Crippen LogP contribution in [0.1, 0.15) is 12.8 Å². The van der Waals surface area contributed by atoms with Gasteiger partial charge in [0.25, 0.3) is 0 Å². The summed E-state index contributed by atoms with van der Waals surface area (Å²) >= 11 is 0. The number of nitrogens with zero attached hydrogens (tertiary/aromatic N) is 2. The van der Waals surface area contributed by atoms with Gasteiger partial charge in [-0.15, -0.1) is 0 Å². The number of likely N-dealkylation sites (tertiary alicyclic amines) is 1. The van der Waals surface area contributed by atoms with E-state index in [2.05, 4.69) is 6.07 Å². The Labute approximate surface area is 60.2 Å². The van der Waals surface area contributed by atoms with Crippen molar-refractivity contribution < 1.29 is 4.79 Å². The van der Waals surface area contributed by atoms with Crippen LogP contribution in [0.3, 0.4) is 0 Å². The smallest absolute Gasteiger partial charge is 0.222 e. The average molecular weight is 138 g/mol. The standard InChI is InChI=1S/C7H10N2O/c1-9-5-6(2-3-8)4-7(9)10/h6H,2,4-5H2,1H3/t6-/m0/s1. The zero-order valence-electron chi connectivity index (χ0n) is 6.00. The number of nitriles is 1. The Bertz CT molecular complexity index is 183. The van der Waals surface area contributed by atoms with E-state index >= 15 is 0 Å². The molecule has 1 saturated heterocycles. The molecular formula is C7H10N2O. The van der Waals surface area contributed by atoms with Crippen molar-refractivity contribution >= 4 is 5.91 Å². The molecule has 1 heterocycles. The number of hydrogen-bond acceptors (Lipinski definition) is 2. The topological polar surface area (TPSA) is 44.1 Å². The summed E-state index contributed by atoms with van der Waals surface area (Å²) in [6.45, 7) is 0.756. The molecule has 3 heteroatoms. The van der Waals surface area contributed by atoms with Crippen LogP contribution in [0.4, 0.5) is 0 Å². The Hall–Kier alpha value is -1.04. The van der Waals surface area contributed by atoms with Gasteiger partial charge in [0.2, 0.25) is 5.91 Å². The highest BCUT2D eigenvalue weighted by Crippen LogP contribution is 2.18. The summed E-state index contributed by atoms with van der Waals surface area (Å²) in [4.78, 5) is 12.6. The summed E-state index contributed by atoms with van der Waals surface area (Å²) < 4.78 is 0. The first-order valence-corrected chi connectivity index (χ1v) is 3.35. The molecule has 1 aliphatic rings. The third kappa shape index (κ3) is 1.27. The zero-order valence-corrected chi connectivity index (χ0v) is 6.00. The Morgan fingerprint density at radius 1 is 1.90 bits per heavy atom. The highest BCUT2D eigenvalue weighted by atomic mass is 16.2. The molecule has 3 nitrogen and oxygen atoms in total. The van der Waals surface area contributed by atoms with Crippen LogP contribution in [0, 0.1) is 17.2 Å². The summed E-state index contributed by atoms with van der Waals surface area (Å²) in [5.74, 6) is 0.447. The van der Waals surface area contributed by atoms with E-state index in [1.54, 1.807) is 11.9 Å². The Morgan fingerprint density at radius 3 is 3.00 bits per heavy atom. The van der Waals surface area contributed by atoms with E-state index in [4.69, 9.17) is 5.26 Å². The monoisotopic (exact) mass is 138 g/mol. The molecule has 0 aromatic heterocycles. The van der Waals surface area contributed by atoms with Gasteiger partial charge in [0, 0.05) is 26.4 Å². The van der Waals surface area contributed by atoms with Gasteiger partial charge in [-0.2, -0.15) is 5.26 Å². The van der Waals surface area contributed by atoms with Crippen LogP contribution in [0.5, 0.6) is 0 Å². The first kappa shape index (κ1) is 7.07. The lowest BCUT2D eigenvalue weighted by molar-refractivity contribution is -0.126. The quantitative estimate of drug-likeness (QED) is 0.525. The van der Waals surface area contributed by atoms with Gasteiger partial charge in [-0.3, -0.25) is 4.79 Å². The SMILES string of the molecule is CN1C[C@@H](CC#N)CC1=O. The zero-order chi connectivity index (χ0) is 7.56. The van der Waals surface area contributed by atoms with Gasteiger partial charge in [-0.1, -0.05) is 0 Å². The fourth-order valence-electron chi connectivity index (χ4n) is 1.22. The first-order chi connectivity index (χ1) is 4.74. The lowest BCUT2D eigenvalue weighted by Crippen LogP contribution is -2.18. The predicted molar refractivity (Wildman–Crippen MR) is 36.0 cm³/mol. The maximum absolute atomic E-state index is 10.9. The lowest BCUT2D eigenvalue weighted by Gasteiger charge is -2.06. The van der Waals surface area contributed by atoms with Crippen molar-refractivity contribution in [2.24, 2.45) is 5.92 Å². The second kappa shape index (κ2) is 2.70. The van der Waals surface area contributed by atoms with Crippen LogP contribution in [-0.2, 0) is 4.79 Å².